The first-order chi connectivity index (χ1) is 8.63. The normalized spacial score (nSPS) is 28.1. The third kappa shape index (κ3) is 2.68. The van der Waals surface area contributed by atoms with Crippen molar-refractivity contribution >= 4 is 11.8 Å². The van der Waals surface area contributed by atoms with Gasteiger partial charge in [0.25, 0.3) is 0 Å². The number of hydrogen-bond acceptors (Lipinski definition) is 2. The minimum Gasteiger partial charge on any atom is -0.344 e. The van der Waals surface area contributed by atoms with Gasteiger partial charge in [-0.1, -0.05) is 33.1 Å². The number of rotatable bonds is 3. The molecule has 0 aromatic rings. The van der Waals surface area contributed by atoms with Crippen LogP contribution in [0.15, 0.2) is 0 Å². The predicted molar refractivity (Wildman–Crippen MR) is 70.0 cm³/mol. The van der Waals surface area contributed by atoms with Crippen LogP contribution < -0.4 is 5.32 Å². The second-order valence-electron chi connectivity index (χ2n) is 5.65. The molecule has 2 rings (SSSR count). The maximum Gasteiger partial charge on any atom is 0.245 e. The molecule has 2 fully saturated rings. The highest BCUT2D eigenvalue weighted by Crippen LogP contribution is 2.26. The van der Waals surface area contributed by atoms with Crippen molar-refractivity contribution in [3.8, 4) is 0 Å². The van der Waals surface area contributed by atoms with Crippen molar-refractivity contribution in [3.63, 3.8) is 0 Å². The van der Waals surface area contributed by atoms with E-state index in [2.05, 4.69) is 12.2 Å². The van der Waals surface area contributed by atoms with Crippen LogP contribution in [-0.4, -0.2) is 35.3 Å². The number of amides is 2. The molecule has 0 radical (unpaired) electrons. The largest absolute Gasteiger partial charge is 0.344 e. The minimum absolute atomic E-state index is 0.0224. The van der Waals surface area contributed by atoms with Gasteiger partial charge in [-0.2, -0.15) is 0 Å². The van der Waals surface area contributed by atoms with Crippen molar-refractivity contribution in [2.75, 3.05) is 6.54 Å². The van der Waals surface area contributed by atoms with E-state index in [0.29, 0.717) is 19.0 Å². The molecule has 2 aliphatic rings. The number of hydrogen-bond donors (Lipinski definition) is 1. The van der Waals surface area contributed by atoms with E-state index in [0.717, 1.165) is 19.3 Å². The van der Waals surface area contributed by atoms with E-state index in [4.69, 9.17) is 0 Å². The van der Waals surface area contributed by atoms with Crippen molar-refractivity contribution < 1.29 is 9.59 Å². The van der Waals surface area contributed by atoms with E-state index in [1.807, 2.05) is 11.8 Å². The first kappa shape index (κ1) is 13.4. The molecule has 1 aliphatic carbocycles. The third-order valence-corrected chi connectivity index (χ3v) is 4.42. The van der Waals surface area contributed by atoms with E-state index in [1.165, 1.54) is 12.8 Å². The van der Waals surface area contributed by atoms with Crippen LogP contribution in [-0.2, 0) is 9.59 Å². The van der Waals surface area contributed by atoms with Gasteiger partial charge in [0, 0.05) is 19.0 Å². The Labute approximate surface area is 109 Å². The van der Waals surface area contributed by atoms with E-state index >= 15 is 0 Å². The fourth-order valence-electron chi connectivity index (χ4n) is 3.02. The minimum atomic E-state index is -0.314. The van der Waals surface area contributed by atoms with E-state index in [1.54, 1.807) is 0 Å². The summed E-state index contributed by atoms with van der Waals surface area (Å²) in [6.45, 7) is 4.71. The topological polar surface area (TPSA) is 49.4 Å². The molecule has 2 amide bonds. The summed E-state index contributed by atoms with van der Waals surface area (Å²) in [4.78, 5) is 26.3. The molecular weight excluding hydrogens is 228 g/mol. The number of nitrogens with zero attached hydrogens (tertiary/aromatic N) is 1. The molecule has 1 saturated carbocycles. The standard InChI is InChI=1S/C14H24N2O2/c1-3-10(2)13-14(18)16(9-8-12(17)15-13)11-6-4-5-7-11/h10-11,13H,3-9H2,1-2H3,(H,15,17). The molecule has 2 unspecified atom stereocenters. The summed E-state index contributed by atoms with van der Waals surface area (Å²) >= 11 is 0. The first-order valence-electron chi connectivity index (χ1n) is 7.23. The number of carbonyl (C=O) groups excluding carboxylic acids is 2. The van der Waals surface area contributed by atoms with E-state index < -0.39 is 0 Å². The van der Waals surface area contributed by atoms with Crippen LogP contribution in [0.25, 0.3) is 0 Å². The van der Waals surface area contributed by atoms with Crippen molar-refractivity contribution in [2.45, 2.75) is 64.5 Å². The Hall–Kier alpha value is -1.06. The highest BCUT2D eigenvalue weighted by molar-refractivity contribution is 5.90. The highest BCUT2D eigenvalue weighted by Gasteiger charge is 2.36. The smallest absolute Gasteiger partial charge is 0.245 e. The van der Waals surface area contributed by atoms with Crippen molar-refractivity contribution in [1.82, 2.24) is 10.2 Å². The van der Waals surface area contributed by atoms with Crippen molar-refractivity contribution in [2.24, 2.45) is 5.92 Å². The Bertz CT molecular complexity index is 324. The second kappa shape index (κ2) is 5.72. The van der Waals surface area contributed by atoms with Crippen LogP contribution in [0.4, 0.5) is 0 Å². The summed E-state index contributed by atoms with van der Waals surface area (Å²) in [7, 11) is 0. The number of nitrogens with one attached hydrogen (secondary N) is 1. The molecule has 1 N–H and O–H groups in total. The molecule has 4 heteroatoms. The molecule has 0 aromatic heterocycles. The lowest BCUT2D eigenvalue weighted by atomic mass is 9.97. The molecule has 4 nitrogen and oxygen atoms in total. The van der Waals surface area contributed by atoms with Gasteiger partial charge in [-0.3, -0.25) is 9.59 Å². The van der Waals surface area contributed by atoms with Gasteiger partial charge in [0.15, 0.2) is 0 Å². The van der Waals surface area contributed by atoms with Crippen LogP contribution in [0.1, 0.15) is 52.4 Å². The van der Waals surface area contributed by atoms with Crippen molar-refractivity contribution in [3.05, 3.63) is 0 Å². The quantitative estimate of drug-likeness (QED) is 0.831. The molecule has 0 spiro atoms. The highest BCUT2D eigenvalue weighted by atomic mass is 16.2. The van der Waals surface area contributed by atoms with Crippen LogP contribution in [0.3, 0.4) is 0 Å². The van der Waals surface area contributed by atoms with Crippen LogP contribution in [0, 0.1) is 5.92 Å². The predicted octanol–water partition coefficient (Wildman–Crippen LogP) is 1.69. The van der Waals surface area contributed by atoms with Gasteiger partial charge in [0.2, 0.25) is 11.8 Å². The second-order valence-corrected chi connectivity index (χ2v) is 5.65. The summed E-state index contributed by atoms with van der Waals surface area (Å²) in [5.74, 6) is 0.375. The zero-order chi connectivity index (χ0) is 13.1. The summed E-state index contributed by atoms with van der Waals surface area (Å²) in [6.07, 6.45) is 6.00. The van der Waals surface area contributed by atoms with Gasteiger partial charge >= 0.3 is 0 Å². The molecular formula is C14H24N2O2. The first-order valence-corrected chi connectivity index (χ1v) is 7.23. The molecule has 1 heterocycles. The average molecular weight is 252 g/mol. The molecule has 102 valence electrons. The zero-order valence-corrected chi connectivity index (χ0v) is 11.4. The molecule has 0 aromatic carbocycles. The maximum atomic E-state index is 12.6. The maximum absolute atomic E-state index is 12.6. The third-order valence-electron chi connectivity index (χ3n) is 4.42. The Morgan fingerprint density at radius 2 is 2.00 bits per heavy atom. The van der Waals surface area contributed by atoms with Gasteiger partial charge in [0.05, 0.1) is 0 Å². The molecule has 0 bridgehead atoms. The van der Waals surface area contributed by atoms with Crippen molar-refractivity contribution in [1.29, 1.82) is 0 Å². The molecule has 1 saturated heterocycles. The Morgan fingerprint density at radius 1 is 1.33 bits per heavy atom. The summed E-state index contributed by atoms with van der Waals surface area (Å²) < 4.78 is 0. The fourth-order valence-corrected chi connectivity index (χ4v) is 3.02. The zero-order valence-electron chi connectivity index (χ0n) is 11.4. The Balaban J connectivity index is 2.14. The summed E-state index contributed by atoms with van der Waals surface area (Å²) in [6, 6.07) is 0.0577. The molecule has 2 atom stereocenters. The van der Waals surface area contributed by atoms with Gasteiger partial charge in [-0.25, -0.2) is 0 Å². The summed E-state index contributed by atoms with van der Waals surface area (Å²) in [5.41, 5.74) is 0. The molecule has 1 aliphatic heterocycles. The molecule has 18 heavy (non-hydrogen) atoms. The van der Waals surface area contributed by atoms with Gasteiger partial charge in [0.1, 0.15) is 6.04 Å². The van der Waals surface area contributed by atoms with Crippen LogP contribution in [0.5, 0.6) is 0 Å². The van der Waals surface area contributed by atoms with E-state index in [9.17, 15) is 9.59 Å². The van der Waals surface area contributed by atoms with Gasteiger partial charge in [-0.05, 0) is 18.8 Å². The number of carbonyl (C=O) groups is 2. The lowest BCUT2D eigenvalue weighted by molar-refractivity contribution is -0.136. The van der Waals surface area contributed by atoms with Crippen LogP contribution >= 0.6 is 0 Å². The average Bonchev–Trinajstić information content (AvgIpc) is 2.84. The SMILES string of the molecule is CCC(C)C1NC(=O)CCN(C2CCCC2)C1=O. The van der Waals surface area contributed by atoms with E-state index in [-0.39, 0.29) is 23.8 Å². The Kier molecular flexibility index (Phi) is 4.25. The van der Waals surface area contributed by atoms with Crippen LogP contribution in [0.2, 0.25) is 0 Å². The summed E-state index contributed by atoms with van der Waals surface area (Å²) in [5, 5.41) is 2.90. The van der Waals surface area contributed by atoms with Gasteiger partial charge in [-0.15, -0.1) is 0 Å². The lowest BCUT2D eigenvalue weighted by Gasteiger charge is -2.31. The Morgan fingerprint density at radius 3 is 2.61 bits per heavy atom. The monoisotopic (exact) mass is 252 g/mol. The fraction of sp³-hybridized carbons (Fsp3) is 0.857. The lowest BCUT2D eigenvalue weighted by Crippen LogP contribution is -2.50. The van der Waals surface area contributed by atoms with Gasteiger partial charge < -0.3 is 10.2 Å².